The Kier molecular flexibility index (Phi) is 4.08. The number of nitrogens with one attached hydrogen (secondary N) is 1. The van der Waals surface area contributed by atoms with Crippen LogP contribution in [-0.2, 0) is 4.79 Å². The Hall–Kier alpha value is -3.68. The van der Waals surface area contributed by atoms with Gasteiger partial charge in [-0.05, 0) is 36.8 Å². The van der Waals surface area contributed by atoms with Gasteiger partial charge in [0.05, 0.1) is 12.7 Å². The Morgan fingerprint density at radius 1 is 1.19 bits per heavy atom. The highest BCUT2D eigenvalue weighted by Crippen LogP contribution is 2.36. The number of nitrogens with zero attached hydrogens (tertiary/aromatic N) is 4. The molecule has 8 nitrogen and oxygen atoms in total. The molecule has 0 saturated carbocycles. The van der Waals surface area contributed by atoms with E-state index in [2.05, 4.69) is 20.4 Å². The Labute approximate surface area is 155 Å². The summed E-state index contributed by atoms with van der Waals surface area (Å²) in [6.45, 7) is 1.81. The van der Waals surface area contributed by atoms with Crippen molar-refractivity contribution < 1.29 is 9.53 Å². The number of methoxy groups -OCH3 is 1. The number of benzene rings is 1. The average Bonchev–Trinajstić information content (AvgIpc) is 3.11. The zero-order chi connectivity index (χ0) is 19.0. The van der Waals surface area contributed by atoms with Crippen molar-refractivity contribution in [3.05, 3.63) is 65.6 Å². The van der Waals surface area contributed by atoms with Crippen molar-refractivity contribution in [1.29, 1.82) is 0 Å². The molecule has 3 heterocycles. The molecule has 136 valence electrons. The van der Waals surface area contributed by atoms with Crippen molar-refractivity contribution in [2.24, 2.45) is 5.73 Å². The lowest BCUT2D eigenvalue weighted by Gasteiger charge is -2.27. The summed E-state index contributed by atoms with van der Waals surface area (Å²) < 4.78 is 6.91. The third kappa shape index (κ3) is 2.91. The molecule has 0 aliphatic carbocycles. The predicted molar refractivity (Wildman–Crippen MR) is 99.9 cm³/mol. The van der Waals surface area contributed by atoms with E-state index >= 15 is 0 Å². The van der Waals surface area contributed by atoms with E-state index in [1.807, 2.05) is 36.4 Å². The van der Waals surface area contributed by atoms with E-state index in [0.29, 0.717) is 23.0 Å². The quantitative estimate of drug-likeness (QED) is 0.736. The van der Waals surface area contributed by atoms with Gasteiger partial charge in [0.2, 0.25) is 11.9 Å². The SMILES string of the molecule is COc1ccc(C2C(C(N)=O)=C(C)Nc3nc(-c4ccncc4)nn32)cc1. The van der Waals surface area contributed by atoms with Crippen LogP contribution in [0.5, 0.6) is 5.75 Å². The highest BCUT2D eigenvalue weighted by Gasteiger charge is 2.33. The fraction of sp³-hybridized carbons (Fsp3) is 0.158. The van der Waals surface area contributed by atoms with Crippen LogP contribution in [0.4, 0.5) is 5.95 Å². The van der Waals surface area contributed by atoms with Crippen molar-refractivity contribution in [3.63, 3.8) is 0 Å². The number of carbonyl (C=O) groups excluding carboxylic acids is 1. The average molecular weight is 362 g/mol. The fourth-order valence-corrected chi connectivity index (χ4v) is 3.19. The van der Waals surface area contributed by atoms with Crippen LogP contribution in [0.2, 0.25) is 0 Å². The number of hydrogen-bond donors (Lipinski definition) is 2. The first-order valence-electron chi connectivity index (χ1n) is 8.37. The smallest absolute Gasteiger partial charge is 0.248 e. The molecule has 1 aliphatic heterocycles. The second kappa shape index (κ2) is 6.56. The fourth-order valence-electron chi connectivity index (χ4n) is 3.19. The lowest BCUT2D eigenvalue weighted by atomic mass is 9.95. The molecule has 3 aromatic rings. The minimum absolute atomic E-state index is 0.443. The number of allylic oxidation sites excluding steroid dienone is 1. The zero-order valence-corrected chi connectivity index (χ0v) is 14.9. The number of fused-ring (bicyclic) bond motifs is 1. The van der Waals surface area contributed by atoms with Gasteiger partial charge in [-0.1, -0.05) is 12.1 Å². The standard InChI is InChI=1S/C19H18N6O2/c1-11-15(17(20)26)16(12-3-5-14(27-2)6-4-12)25-19(22-11)23-18(24-25)13-7-9-21-10-8-13/h3-10,16H,1-2H3,(H2,20,26)(H,22,23,24). The third-order valence-corrected chi connectivity index (χ3v) is 4.49. The number of ether oxygens (including phenoxy) is 1. The van der Waals surface area contributed by atoms with Gasteiger partial charge in [0, 0.05) is 23.7 Å². The zero-order valence-electron chi connectivity index (χ0n) is 14.9. The molecule has 0 spiro atoms. The van der Waals surface area contributed by atoms with Gasteiger partial charge >= 0.3 is 0 Å². The summed E-state index contributed by atoms with van der Waals surface area (Å²) in [4.78, 5) is 20.8. The summed E-state index contributed by atoms with van der Waals surface area (Å²) in [5.41, 5.74) is 8.48. The number of pyridine rings is 1. The maximum absolute atomic E-state index is 12.2. The van der Waals surface area contributed by atoms with Crippen molar-refractivity contribution in [3.8, 4) is 17.1 Å². The Bertz CT molecular complexity index is 1020. The van der Waals surface area contributed by atoms with Crippen LogP contribution in [0.3, 0.4) is 0 Å². The summed E-state index contributed by atoms with van der Waals surface area (Å²) in [5, 5.41) is 7.76. The molecule has 27 heavy (non-hydrogen) atoms. The molecule has 4 rings (SSSR count). The number of amides is 1. The van der Waals surface area contributed by atoms with Gasteiger partial charge in [0.15, 0.2) is 5.82 Å². The first-order chi connectivity index (χ1) is 13.1. The van der Waals surface area contributed by atoms with E-state index in [9.17, 15) is 4.79 Å². The Morgan fingerprint density at radius 2 is 1.89 bits per heavy atom. The third-order valence-electron chi connectivity index (χ3n) is 4.49. The van der Waals surface area contributed by atoms with Gasteiger partial charge in [-0.3, -0.25) is 9.78 Å². The van der Waals surface area contributed by atoms with E-state index in [1.54, 1.807) is 31.1 Å². The number of primary amides is 1. The van der Waals surface area contributed by atoms with Gasteiger partial charge < -0.3 is 15.8 Å². The number of aromatic nitrogens is 4. The summed E-state index contributed by atoms with van der Waals surface area (Å²) in [6.07, 6.45) is 3.37. The molecule has 1 unspecified atom stereocenters. The van der Waals surface area contributed by atoms with Gasteiger partial charge in [-0.25, -0.2) is 4.68 Å². The largest absolute Gasteiger partial charge is 0.497 e. The van der Waals surface area contributed by atoms with Crippen LogP contribution >= 0.6 is 0 Å². The van der Waals surface area contributed by atoms with E-state index in [1.165, 1.54) is 0 Å². The maximum Gasteiger partial charge on any atom is 0.248 e. The molecule has 0 fully saturated rings. The normalized spacial score (nSPS) is 15.9. The Morgan fingerprint density at radius 3 is 2.52 bits per heavy atom. The van der Waals surface area contributed by atoms with E-state index in [0.717, 1.165) is 16.9 Å². The topological polar surface area (TPSA) is 108 Å². The molecule has 1 aliphatic rings. The van der Waals surface area contributed by atoms with Gasteiger partial charge in [-0.2, -0.15) is 4.98 Å². The molecule has 1 amide bonds. The number of anilines is 1. The van der Waals surface area contributed by atoms with Crippen LogP contribution in [0, 0.1) is 0 Å². The van der Waals surface area contributed by atoms with Crippen molar-refractivity contribution in [2.75, 3.05) is 12.4 Å². The molecule has 0 radical (unpaired) electrons. The first-order valence-corrected chi connectivity index (χ1v) is 8.37. The van der Waals surface area contributed by atoms with Gasteiger partial charge in [-0.15, -0.1) is 5.10 Å². The monoisotopic (exact) mass is 362 g/mol. The number of nitrogens with two attached hydrogens (primary N) is 1. The van der Waals surface area contributed by atoms with Gasteiger partial charge in [0.1, 0.15) is 11.8 Å². The molecule has 1 aromatic carbocycles. The number of carbonyl (C=O) groups is 1. The molecule has 0 saturated heterocycles. The van der Waals surface area contributed by atoms with Crippen LogP contribution < -0.4 is 15.8 Å². The van der Waals surface area contributed by atoms with E-state index < -0.39 is 11.9 Å². The first kappa shape index (κ1) is 16.8. The summed E-state index contributed by atoms with van der Waals surface area (Å²) in [7, 11) is 1.61. The summed E-state index contributed by atoms with van der Waals surface area (Å²) in [6, 6.07) is 10.6. The molecule has 0 bridgehead atoms. The maximum atomic E-state index is 12.2. The van der Waals surface area contributed by atoms with Crippen molar-refractivity contribution in [1.82, 2.24) is 19.7 Å². The molecular formula is C19H18N6O2. The molecule has 8 heteroatoms. The minimum atomic E-state index is -0.507. The summed E-state index contributed by atoms with van der Waals surface area (Å²) in [5.74, 6) is 1.31. The molecular weight excluding hydrogens is 344 g/mol. The predicted octanol–water partition coefficient (Wildman–Crippen LogP) is 2.12. The highest BCUT2D eigenvalue weighted by molar-refractivity contribution is 5.95. The van der Waals surface area contributed by atoms with Crippen molar-refractivity contribution >= 4 is 11.9 Å². The van der Waals surface area contributed by atoms with Crippen LogP contribution in [-0.4, -0.2) is 32.8 Å². The van der Waals surface area contributed by atoms with E-state index in [-0.39, 0.29) is 0 Å². The van der Waals surface area contributed by atoms with Crippen LogP contribution in [0.1, 0.15) is 18.5 Å². The minimum Gasteiger partial charge on any atom is -0.497 e. The lowest BCUT2D eigenvalue weighted by Crippen LogP contribution is -2.31. The molecule has 2 aromatic heterocycles. The van der Waals surface area contributed by atoms with Crippen LogP contribution in [0.25, 0.3) is 11.4 Å². The van der Waals surface area contributed by atoms with E-state index in [4.69, 9.17) is 10.5 Å². The molecule has 3 N–H and O–H groups in total. The molecule has 1 atom stereocenters. The van der Waals surface area contributed by atoms with Crippen LogP contribution in [0.15, 0.2) is 60.1 Å². The second-order valence-corrected chi connectivity index (χ2v) is 6.14. The van der Waals surface area contributed by atoms with Gasteiger partial charge in [0.25, 0.3) is 0 Å². The lowest BCUT2D eigenvalue weighted by molar-refractivity contribution is -0.115. The second-order valence-electron chi connectivity index (χ2n) is 6.14. The Balaban J connectivity index is 1.86. The summed E-state index contributed by atoms with van der Waals surface area (Å²) >= 11 is 0. The number of rotatable bonds is 4. The van der Waals surface area contributed by atoms with Crippen molar-refractivity contribution in [2.45, 2.75) is 13.0 Å². The number of hydrogen-bond acceptors (Lipinski definition) is 6. The highest BCUT2D eigenvalue weighted by atomic mass is 16.5.